The van der Waals surface area contributed by atoms with Crippen LogP contribution in [-0.4, -0.2) is 17.1 Å². The number of nitrogens with one attached hydrogen (secondary N) is 1. The number of phenolic OH excluding ortho intramolecular Hbond substituents is 1. The van der Waals surface area contributed by atoms with E-state index in [-0.39, 0.29) is 28.6 Å². The molecule has 1 aromatic rings. The number of nitriles is 1. The van der Waals surface area contributed by atoms with Crippen LogP contribution in [0.25, 0.3) is 0 Å². The van der Waals surface area contributed by atoms with Gasteiger partial charge >= 0.3 is 0 Å². The molecular weight excluding hydrogens is 252 g/mol. The van der Waals surface area contributed by atoms with Crippen LogP contribution in [0.2, 0.25) is 5.02 Å². The Morgan fingerprint density at radius 1 is 1.50 bits per heavy atom. The molecule has 1 aliphatic carbocycles. The highest BCUT2D eigenvalue weighted by Gasteiger charge is 2.28. The minimum Gasteiger partial charge on any atom is -0.506 e. The molecular formula is C13H13ClN2O2. The van der Waals surface area contributed by atoms with Gasteiger partial charge in [-0.05, 0) is 37.5 Å². The predicted octanol–water partition coefficient (Wildman–Crippen LogP) is 2.47. The average Bonchev–Trinajstić information content (AvgIpc) is 2.79. The third-order valence-electron chi connectivity index (χ3n) is 3.21. The van der Waals surface area contributed by atoms with Crippen LogP contribution in [0.1, 0.15) is 29.6 Å². The first-order valence-electron chi connectivity index (χ1n) is 5.81. The van der Waals surface area contributed by atoms with Crippen molar-refractivity contribution in [3.8, 4) is 11.8 Å². The second kappa shape index (κ2) is 5.28. The molecule has 1 saturated carbocycles. The molecule has 1 amide bonds. The van der Waals surface area contributed by atoms with Crippen LogP contribution in [-0.2, 0) is 0 Å². The van der Waals surface area contributed by atoms with Crippen molar-refractivity contribution in [2.24, 2.45) is 5.92 Å². The Bertz CT molecular complexity index is 510. The van der Waals surface area contributed by atoms with Crippen LogP contribution >= 0.6 is 11.6 Å². The number of carbonyl (C=O) groups excluding carboxylic acids is 1. The summed E-state index contributed by atoms with van der Waals surface area (Å²) >= 11 is 5.75. The SMILES string of the molecule is N#CC1CCCC1NC(=O)c1ccc(O)c(Cl)c1. The van der Waals surface area contributed by atoms with Gasteiger partial charge in [0, 0.05) is 11.6 Å². The Kier molecular flexibility index (Phi) is 3.73. The maximum Gasteiger partial charge on any atom is 0.251 e. The molecule has 1 fully saturated rings. The first kappa shape index (κ1) is 12.7. The van der Waals surface area contributed by atoms with Crippen molar-refractivity contribution in [1.82, 2.24) is 5.32 Å². The summed E-state index contributed by atoms with van der Waals surface area (Å²) in [6.07, 6.45) is 2.62. The van der Waals surface area contributed by atoms with Crippen molar-refractivity contribution in [3.63, 3.8) is 0 Å². The molecule has 0 bridgehead atoms. The highest BCUT2D eigenvalue weighted by molar-refractivity contribution is 6.32. The standard InChI is InChI=1S/C13H13ClN2O2/c14-10-6-8(4-5-12(10)17)13(18)16-11-3-1-2-9(11)7-15/h4-6,9,11,17H,1-3H2,(H,16,18). The van der Waals surface area contributed by atoms with Crippen LogP contribution in [0.3, 0.4) is 0 Å². The molecule has 4 nitrogen and oxygen atoms in total. The molecule has 0 radical (unpaired) electrons. The largest absolute Gasteiger partial charge is 0.506 e. The van der Waals surface area contributed by atoms with Crippen LogP contribution in [0, 0.1) is 17.2 Å². The van der Waals surface area contributed by atoms with Crippen molar-refractivity contribution >= 4 is 17.5 Å². The summed E-state index contributed by atoms with van der Waals surface area (Å²) in [4.78, 5) is 12.0. The van der Waals surface area contributed by atoms with E-state index in [2.05, 4.69) is 11.4 Å². The number of amides is 1. The van der Waals surface area contributed by atoms with E-state index in [9.17, 15) is 9.90 Å². The second-order valence-electron chi connectivity index (χ2n) is 4.41. The van der Waals surface area contributed by atoms with Gasteiger partial charge in [-0.15, -0.1) is 0 Å². The minimum absolute atomic E-state index is 0.0519. The molecule has 0 heterocycles. The molecule has 18 heavy (non-hydrogen) atoms. The molecule has 0 saturated heterocycles. The number of rotatable bonds is 2. The summed E-state index contributed by atoms with van der Waals surface area (Å²) in [6.45, 7) is 0. The summed E-state index contributed by atoms with van der Waals surface area (Å²) in [5, 5.41) is 21.2. The van der Waals surface area contributed by atoms with E-state index >= 15 is 0 Å². The van der Waals surface area contributed by atoms with Gasteiger partial charge in [0.25, 0.3) is 5.91 Å². The van der Waals surface area contributed by atoms with Gasteiger partial charge in [0.1, 0.15) is 5.75 Å². The molecule has 2 atom stereocenters. The van der Waals surface area contributed by atoms with E-state index in [1.54, 1.807) is 0 Å². The van der Waals surface area contributed by atoms with Crippen molar-refractivity contribution in [1.29, 1.82) is 5.26 Å². The number of hydrogen-bond donors (Lipinski definition) is 2. The predicted molar refractivity (Wildman–Crippen MR) is 67.3 cm³/mol. The molecule has 0 spiro atoms. The van der Waals surface area contributed by atoms with E-state index in [1.165, 1.54) is 18.2 Å². The summed E-state index contributed by atoms with van der Waals surface area (Å²) in [6, 6.07) is 6.43. The minimum atomic E-state index is -0.260. The smallest absolute Gasteiger partial charge is 0.251 e. The van der Waals surface area contributed by atoms with E-state index in [1.807, 2.05) is 0 Å². The Hall–Kier alpha value is -1.73. The lowest BCUT2D eigenvalue weighted by molar-refractivity contribution is 0.0933. The maximum absolute atomic E-state index is 12.0. The number of aromatic hydroxyl groups is 1. The van der Waals surface area contributed by atoms with Gasteiger partial charge in [0.05, 0.1) is 17.0 Å². The molecule has 2 N–H and O–H groups in total. The summed E-state index contributed by atoms with van der Waals surface area (Å²) in [5.74, 6) is -0.422. The lowest BCUT2D eigenvalue weighted by Gasteiger charge is -2.15. The van der Waals surface area contributed by atoms with Gasteiger partial charge < -0.3 is 10.4 Å². The molecule has 2 rings (SSSR count). The van der Waals surface area contributed by atoms with Gasteiger partial charge in [0.2, 0.25) is 0 Å². The van der Waals surface area contributed by atoms with Crippen molar-refractivity contribution < 1.29 is 9.90 Å². The Morgan fingerprint density at radius 2 is 2.28 bits per heavy atom. The molecule has 2 unspecified atom stereocenters. The van der Waals surface area contributed by atoms with Crippen LogP contribution in [0.4, 0.5) is 0 Å². The Morgan fingerprint density at radius 3 is 2.94 bits per heavy atom. The van der Waals surface area contributed by atoms with Crippen LogP contribution in [0.5, 0.6) is 5.75 Å². The monoisotopic (exact) mass is 264 g/mol. The van der Waals surface area contributed by atoms with Gasteiger partial charge in [-0.3, -0.25) is 4.79 Å². The lowest BCUT2D eigenvalue weighted by Crippen LogP contribution is -2.36. The first-order chi connectivity index (χ1) is 8.61. The molecule has 0 aromatic heterocycles. The summed E-state index contributed by atoms with van der Waals surface area (Å²) in [7, 11) is 0. The highest BCUT2D eigenvalue weighted by Crippen LogP contribution is 2.26. The Labute approximate surface area is 110 Å². The molecule has 1 aliphatic rings. The summed E-state index contributed by atoms with van der Waals surface area (Å²) in [5.41, 5.74) is 0.390. The van der Waals surface area contributed by atoms with E-state index < -0.39 is 0 Å². The van der Waals surface area contributed by atoms with Crippen molar-refractivity contribution in [2.45, 2.75) is 25.3 Å². The second-order valence-corrected chi connectivity index (χ2v) is 4.82. The Balaban J connectivity index is 2.08. The number of carbonyl (C=O) groups is 1. The van der Waals surface area contributed by atoms with Crippen molar-refractivity contribution in [2.75, 3.05) is 0 Å². The van der Waals surface area contributed by atoms with E-state index in [0.717, 1.165) is 19.3 Å². The topological polar surface area (TPSA) is 73.1 Å². The molecule has 0 aliphatic heterocycles. The maximum atomic E-state index is 12.0. The van der Waals surface area contributed by atoms with Gasteiger partial charge in [-0.2, -0.15) is 5.26 Å². The third-order valence-corrected chi connectivity index (χ3v) is 3.51. The quantitative estimate of drug-likeness (QED) is 0.862. The zero-order chi connectivity index (χ0) is 13.1. The normalized spacial score (nSPS) is 22.4. The zero-order valence-corrected chi connectivity index (χ0v) is 10.4. The molecule has 5 heteroatoms. The third kappa shape index (κ3) is 2.57. The number of nitrogens with zero attached hydrogens (tertiary/aromatic N) is 1. The summed E-state index contributed by atoms with van der Waals surface area (Å²) < 4.78 is 0. The number of halogens is 1. The van der Waals surface area contributed by atoms with Gasteiger partial charge in [-0.25, -0.2) is 0 Å². The fourth-order valence-electron chi connectivity index (χ4n) is 2.19. The lowest BCUT2D eigenvalue weighted by atomic mass is 10.1. The first-order valence-corrected chi connectivity index (χ1v) is 6.18. The number of phenols is 1. The zero-order valence-electron chi connectivity index (χ0n) is 9.69. The number of benzene rings is 1. The highest BCUT2D eigenvalue weighted by atomic mass is 35.5. The van der Waals surface area contributed by atoms with Crippen molar-refractivity contribution in [3.05, 3.63) is 28.8 Å². The molecule has 94 valence electrons. The van der Waals surface area contributed by atoms with Gasteiger partial charge in [0.15, 0.2) is 0 Å². The van der Waals surface area contributed by atoms with Crippen LogP contribution in [0.15, 0.2) is 18.2 Å². The number of hydrogen-bond acceptors (Lipinski definition) is 3. The molecule has 1 aromatic carbocycles. The van der Waals surface area contributed by atoms with Crippen LogP contribution < -0.4 is 5.32 Å². The van der Waals surface area contributed by atoms with E-state index in [4.69, 9.17) is 16.9 Å². The fraction of sp³-hybridized carbons (Fsp3) is 0.385. The van der Waals surface area contributed by atoms with E-state index in [0.29, 0.717) is 5.56 Å². The fourth-order valence-corrected chi connectivity index (χ4v) is 2.37. The average molecular weight is 265 g/mol. The van der Waals surface area contributed by atoms with Gasteiger partial charge in [-0.1, -0.05) is 11.6 Å².